The molecule has 6 nitrogen and oxygen atoms in total. The number of hydrogen-bond donors (Lipinski definition) is 0. The van der Waals surface area contributed by atoms with Crippen molar-refractivity contribution < 1.29 is 27.1 Å². The number of halogens is 1. The SMILES string of the molecule is CCN(Cc1cccc(F)c1)C(=O)COC(=O)c1cccc(CS(C)(=O)=O)c1. The van der Waals surface area contributed by atoms with Gasteiger partial charge in [-0.25, -0.2) is 17.6 Å². The predicted octanol–water partition coefficient (Wildman–Crippen LogP) is 2.58. The van der Waals surface area contributed by atoms with Crippen molar-refractivity contribution in [1.82, 2.24) is 4.90 Å². The Bertz CT molecular complexity index is 959. The van der Waals surface area contributed by atoms with Gasteiger partial charge in [-0.15, -0.1) is 0 Å². The largest absolute Gasteiger partial charge is 0.452 e. The van der Waals surface area contributed by atoms with Gasteiger partial charge in [-0.2, -0.15) is 0 Å². The van der Waals surface area contributed by atoms with Gasteiger partial charge in [0.2, 0.25) is 0 Å². The fourth-order valence-electron chi connectivity index (χ4n) is 2.62. The van der Waals surface area contributed by atoms with E-state index in [-0.39, 0.29) is 23.7 Å². The van der Waals surface area contributed by atoms with Crippen molar-refractivity contribution in [3.63, 3.8) is 0 Å². The lowest BCUT2D eigenvalue weighted by molar-refractivity contribution is -0.134. The van der Waals surface area contributed by atoms with Crippen molar-refractivity contribution in [1.29, 1.82) is 0 Å². The maximum Gasteiger partial charge on any atom is 0.338 e. The number of sulfone groups is 1. The van der Waals surface area contributed by atoms with Crippen molar-refractivity contribution in [2.75, 3.05) is 19.4 Å². The Morgan fingerprint density at radius 1 is 1.07 bits per heavy atom. The van der Waals surface area contributed by atoms with E-state index in [4.69, 9.17) is 4.74 Å². The topological polar surface area (TPSA) is 80.8 Å². The summed E-state index contributed by atoms with van der Waals surface area (Å²) in [7, 11) is -3.23. The molecule has 0 aromatic heterocycles. The van der Waals surface area contributed by atoms with Gasteiger partial charge in [0.15, 0.2) is 16.4 Å². The van der Waals surface area contributed by atoms with Gasteiger partial charge >= 0.3 is 5.97 Å². The zero-order valence-electron chi connectivity index (χ0n) is 15.7. The first-order chi connectivity index (χ1) is 13.2. The number of hydrogen-bond acceptors (Lipinski definition) is 5. The highest BCUT2D eigenvalue weighted by atomic mass is 32.2. The number of carbonyl (C=O) groups is 2. The van der Waals surface area contributed by atoms with E-state index in [0.717, 1.165) is 6.26 Å². The molecule has 0 atom stereocenters. The number of esters is 1. The minimum absolute atomic E-state index is 0.169. The molecule has 0 aliphatic heterocycles. The second-order valence-corrected chi connectivity index (χ2v) is 8.52. The van der Waals surface area contributed by atoms with Gasteiger partial charge in [-0.05, 0) is 42.3 Å². The number of amides is 1. The van der Waals surface area contributed by atoms with E-state index in [0.29, 0.717) is 17.7 Å². The van der Waals surface area contributed by atoms with Gasteiger partial charge < -0.3 is 9.64 Å². The summed E-state index contributed by atoms with van der Waals surface area (Å²) in [5.74, 6) is -1.70. The van der Waals surface area contributed by atoms with Crippen molar-refractivity contribution in [3.05, 3.63) is 71.0 Å². The third kappa shape index (κ3) is 6.77. The van der Waals surface area contributed by atoms with Gasteiger partial charge in [-0.3, -0.25) is 4.79 Å². The lowest BCUT2D eigenvalue weighted by atomic mass is 10.1. The third-order valence-corrected chi connectivity index (χ3v) is 4.77. The molecule has 28 heavy (non-hydrogen) atoms. The molecule has 0 N–H and O–H groups in total. The summed E-state index contributed by atoms with van der Waals surface area (Å²) in [6, 6.07) is 12.0. The Kier molecular flexibility index (Phi) is 7.28. The molecule has 0 fully saturated rings. The van der Waals surface area contributed by atoms with Crippen LogP contribution in [0.1, 0.15) is 28.4 Å². The highest BCUT2D eigenvalue weighted by Gasteiger charge is 2.16. The second kappa shape index (κ2) is 9.45. The maximum atomic E-state index is 13.3. The van der Waals surface area contributed by atoms with E-state index >= 15 is 0 Å². The lowest BCUT2D eigenvalue weighted by Gasteiger charge is -2.21. The lowest BCUT2D eigenvalue weighted by Crippen LogP contribution is -2.34. The van der Waals surface area contributed by atoms with Crippen LogP contribution in [0.4, 0.5) is 4.39 Å². The molecule has 0 aliphatic carbocycles. The van der Waals surface area contributed by atoms with Gasteiger partial charge in [0, 0.05) is 19.3 Å². The minimum Gasteiger partial charge on any atom is -0.452 e. The molecule has 8 heteroatoms. The Morgan fingerprint density at radius 2 is 1.75 bits per heavy atom. The number of nitrogens with zero attached hydrogens (tertiary/aromatic N) is 1. The molecule has 0 spiro atoms. The number of carbonyl (C=O) groups excluding carboxylic acids is 2. The van der Waals surface area contributed by atoms with E-state index in [1.165, 1.54) is 29.2 Å². The van der Waals surface area contributed by atoms with Crippen molar-refractivity contribution in [2.45, 2.75) is 19.2 Å². The summed E-state index contributed by atoms with van der Waals surface area (Å²) in [6.07, 6.45) is 1.11. The van der Waals surface area contributed by atoms with Crippen molar-refractivity contribution in [2.24, 2.45) is 0 Å². The molecular weight excluding hydrogens is 385 g/mol. The Hall–Kier alpha value is -2.74. The average molecular weight is 407 g/mol. The third-order valence-electron chi connectivity index (χ3n) is 3.92. The molecule has 0 saturated carbocycles. The molecule has 0 heterocycles. The minimum atomic E-state index is -3.23. The molecule has 0 saturated heterocycles. The Morgan fingerprint density at radius 3 is 2.39 bits per heavy atom. The molecule has 2 aromatic carbocycles. The van der Waals surface area contributed by atoms with E-state index in [2.05, 4.69) is 0 Å². The zero-order chi connectivity index (χ0) is 20.7. The normalized spacial score (nSPS) is 11.1. The molecule has 0 radical (unpaired) electrons. The van der Waals surface area contributed by atoms with Crippen LogP contribution >= 0.6 is 0 Å². The van der Waals surface area contributed by atoms with Gasteiger partial charge in [0.05, 0.1) is 11.3 Å². The van der Waals surface area contributed by atoms with E-state index < -0.39 is 28.3 Å². The molecular formula is C20H22FNO5S. The molecule has 1 amide bonds. The van der Waals surface area contributed by atoms with Crippen LogP contribution in [-0.4, -0.2) is 44.6 Å². The van der Waals surface area contributed by atoms with E-state index in [9.17, 15) is 22.4 Å². The first-order valence-corrected chi connectivity index (χ1v) is 10.7. The number of rotatable bonds is 8. The summed E-state index contributed by atoms with van der Waals surface area (Å²) < 4.78 is 41.1. The molecule has 0 aliphatic rings. The van der Waals surface area contributed by atoms with Crippen LogP contribution in [0.3, 0.4) is 0 Å². The van der Waals surface area contributed by atoms with Crippen LogP contribution in [0, 0.1) is 5.82 Å². The Balaban J connectivity index is 1.97. The molecule has 0 unspecified atom stereocenters. The van der Waals surface area contributed by atoms with Crippen LogP contribution in [0.2, 0.25) is 0 Å². The van der Waals surface area contributed by atoms with Crippen LogP contribution in [0.15, 0.2) is 48.5 Å². The molecule has 150 valence electrons. The summed E-state index contributed by atoms with van der Waals surface area (Å²) >= 11 is 0. The van der Waals surface area contributed by atoms with E-state index in [1.807, 2.05) is 0 Å². The monoisotopic (exact) mass is 407 g/mol. The highest BCUT2D eigenvalue weighted by Crippen LogP contribution is 2.11. The van der Waals surface area contributed by atoms with Crippen LogP contribution in [0.25, 0.3) is 0 Å². The molecule has 0 bridgehead atoms. The van der Waals surface area contributed by atoms with Gasteiger partial charge in [-0.1, -0.05) is 24.3 Å². The summed E-state index contributed by atoms with van der Waals surface area (Å²) in [5, 5.41) is 0. The first kappa shape index (κ1) is 21.6. The fourth-order valence-corrected chi connectivity index (χ4v) is 3.41. The standard InChI is InChI=1S/C20H22FNO5S/c1-3-22(12-15-6-5-9-18(21)11-15)19(23)13-27-20(24)17-8-4-7-16(10-17)14-28(2,25)26/h4-11H,3,12-14H2,1-2H3. The van der Waals surface area contributed by atoms with Crippen molar-refractivity contribution >= 4 is 21.7 Å². The average Bonchev–Trinajstić information content (AvgIpc) is 2.62. The molecule has 2 rings (SSSR count). The van der Waals surface area contributed by atoms with Crippen molar-refractivity contribution in [3.8, 4) is 0 Å². The number of ether oxygens (including phenoxy) is 1. The maximum absolute atomic E-state index is 13.3. The Labute approximate surface area is 163 Å². The van der Waals surface area contributed by atoms with Crippen LogP contribution in [-0.2, 0) is 31.7 Å². The summed E-state index contributed by atoms with van der Waals surface area (Å²) in [5.41, 5.74) is 1.27. The highest BCUT2D eigenvalue weighted by molar-refractivity contribution is 7.89. The van der Waals surface area contributed by atoms with Gasteiger partial charge in [0.25, 0.3) is 5.91 Å². The molecule has 2 aromatic rings. The quantitative estimate of drug-likeness (QED) is 0.629. The van der Waals surface area contributed by atoms with Crippen LogP contribution in [0.5, 0.6) is 0 Å². The van der Waals surface area contributed by atoms with Gasteiger partial charge in [0.1, 0.15) is 5.82 Å². The zero-order valence-corrected chi connectivity index (χ0v) is 16.5. The first-order valence-electron chi connectivity index (χ1n) is 8.64. The van der Waals surface area contributed by atoms with Crippen LogP contribution < -0.4 is 0 Å². The van der Waals surface area contributed by atoms with E-state index in [1.54, 1.807) is 31.2 Å². The second-order valence-electron chi connectivity index (χ2n) is 6.38. The summed E-state index contributed by atoms with van der Waals surface area (Å²) in [4.78, 5) is 26.0. The number of likely N-dealkylation sites (N-methyl/N-ethyl adjacent to an activating group) is 1. The predicted molar refractivity (Wildman–Crippen MR) is 103 cm³/mol. The smallest absolute Gasteiger partial charge is 0.338 e. The number of benzene rings is 2. The fraction of sp³-hybridized carbons (Fsp3) is 0.300. The summed E-state index contributed by atoms with van der Waals surface area (Å²) in [6.45, 7) is 1.89.